The number of carbonyl (C=O) groups is 2. The summed E-state index contributed by atoms with van der Waals surface area (Å²) in [6.07, 6.45) is 3.23. The molecular formula is C20H29N3O3. The maximum atomic E-state index is 12.8. The molecule has 1 fully saturated rings. The summed E-state index contributed by atoms with van der Waals surface area (Å²) >= 11 is 0. The molecule has 0 aliphatic carbocycles. The molecule has 0 bridgehead atoms. The summed E-state index contributed by atoms with van der Waals surface area (Å²) in [5, 5.41) is 16.0. The van der Waals surface area contributed by atoms with E-state index in [1.165, 1.54) is 0 Å². The molecular weight excluding hydrogens is 330 g/mol. The quantitative estimate of drug-likeness (QED) is 0.745. The first-order valence-corrected chi connectivity index (χ1v) is 9.56. The molecule has 1 saturated heterocycles. The Morgan fingerprint density at radius 2 is 2.15 bits per heavy atom. The molecule has 0 radical (unpaired) electrons. The zero-order chi connectivity index (χ0) is 18.7. The SMILES string of the molecule is CC(C)[C@@H](CN1CCCCC1=O)NC(=O)[C@H]1Cc2ccc(O)cc2CN1. The molecule has 0 unspecified atom stereocenters. The zero-order valence-corrected chi connectivity index (χ0v) is 15.6. The van der Waals surface area contributed by atoms with Gasteiger partial charge in [-0.25, -0.2) is 0 Å². The van der Waals surface area contributed by atoms with Crippen LogP contribution in [0.25, 0.3) is 0 Å². The van der Waals surface area contributed by atoms with Gasteiger partial charge in [-0.3, -0.25) is 9.59 Å². The van der Waals surface area contributed by atoms with Crippen molar-refractivity contribution in [1.82, 2.24) is 15.5 Å². The summed E-state index contributed by atoms with van der Waals surface area (Å²) in [4.78, 5) is 26.8. The average Bonchev–Trinajstić information content (AvgIpc) is 2.62. The number of aromatic hydroxyl groups is 1. The van der Waals surface area contributed by atoms with Crippen molar-refractivity contribution >= 4 is 11.8 Å². The van der Waals surface area contributed by atoms with Gasteiger partial charge in [0.05, 0.1) is 6.04 Å². The number of hydrogen-bond donors (Lipinski definition) is 3. The molecule has 3 N–H and O–H groups in total. The monoisotopic (exact) mass is 359 g/mol. The van der Waals surface area contributed by atoms with E-state index in [0.717, 1.165) is 30.5 Å². The van der Waals surface area contributed by atoms with E-state index < -0.39 is 0 Å². The van der Waals surface area contributed by atoms with Crippen LogP contribution in [-0.2, 0) is 22.6 Å². The van der Waals surface area contributed by atoms with Crippen LogP contribution in [0.3, 0.4) is 0 Å². The van der Waals surface area contributed by atoms with Gasteiger partial charge in [-0.05, 0) is 48.4 Å². The lowest BCUT2D eigenvalue weighted by molar-refractivity contribution is -0.134. The van der Waals surface area contributed by atoms with E-state index in [2.05, 4.69) is 24.5 Å². The number of likely N-dealkylation sites (tertiary alicyclic amines) is 1. The first kappa shape index (κ1) is 18.7. The maximum absolute atomic E-state index is 12.8. The van der Waals surface area contributed by atoms with E-state index in [4.69, 9.17) is 0 Å². The summed E-state index contributed by atoms with van der Waals surface area (Å²) in [6.45, 7) is 6.09. The van der Waals surface area contributed by atoms with Crippen molar-refractivity contribution in [1.29, 1.82) is 0 Å². The van der Waals surface area contributed by atoms with E-state index in [9.17, 15) is 14.7 Å². The van der Waals surface area contributed by atoms with Gasteiger partial charge in [0.1, 0.15) is 5.75 Å². The van der Waals surface area contributed by atoms with Gasteiger partial charge in [0.2, 0.25) is 11.8 Å². The fraction of sp³-hybridized carbons (Fsp3) is 0.600. The number of nitrogens with zero attached hydrogens (tertiary/aromatic N) is 1. The first-order valence-electron chi connectivity index (χ1n) is 9.56. The Kier molecular flexibility index (Phi) is 5.81. The van der Waals surface area contributed by atoms with Crippen LogP contribution in [0.1, 0.15) is 44.2 Å². The van der Waals surface area contributed by atoms with Crippen molar-refractivity contribution < 1.29 is 14.7 Å². The molecule has 0 aromatic heterocycles. The van der Waals surface area contributed by atoms with Crippen LogP contribution in [-0.4, -0.2) is 47.0 Å². The number of phenolic OH excluding ortho intramolecular Hbond substituents is 1. The Morgan fingerprint density at radius 1 is 1.35 bits per heavy atom. The van der Waals surface area contributed by atoms with Gasteiger partial charge in [0.15, 0.2) is 0 Å². The van der Waals surface area contributed by atoms with Gasteiger partial charge in [-0.1, -0.05) is 19.9 Å². The minimum absolute atomic E-state index is 0.0214. The third-order valence-corrected chi connectivity index (χ3v) is 5.44. The fourth-order valence-corrected chi connectivity index (χ4v) is 3.69. The number of nitrogens with one attached hydrogen (secondary N) is 2. The van der Waals surface area contributed by atoms with E-state index >= 15 is 0 Å². The minimum atomic E-state index is -0.287. The van der Waals surface area contributed by atoms with Crippen molar-refractivity contribution in [2.75, 3.05) is 13.1 Å². The Hall–Kier alpha value is -2.08. The van der Waals surface area contributed by atoms with Gasteiger partial charge in [-0.2, -0.15) is 0 Å². The van der Waals surface area contributed by atoms with Crippen molar-refractivity contribution in [3.63, 3.8) is 0 Å². The van der Waals surface area contributed by atoms with E-state index in [0.29, 0.717) is 25.9 Å². The van der Waals surface area contributed by atoms with Crippen LogP contribution in [0.4, 0.5) is 0 Å². The largest absolute Gasteiger partial charge is 0.508 e. The Balaban J connectivity index is 1.61. The number of fused-ring (bicyclic) bond motifs is 1. The highest BCUT2D eigenvalue weighted by Gasteiger charge is 2.29. The number of rotatable bonds is 5. The number of piperidine rings is 1. The van der Waals surface area contributed by atoms with Crippen LogP contribution < -0.4 is 10.6 Å². The van der Waals surface area contributed by atoms with Crippen molar-refractivity contribution in [2.45, 2.75) is 58.2 Å². The molecule has 2 heterocycles. The van der Waals surface area contributed by atoms with Crippen LogP contribution in [0, 0.1) is 5.92 Å². The molecule has 6 heteroatoms. The fourth-order valence-electron chi connectivity index (χ4n) is 3.69. The molecule has 1 aromatic carbocycles. The van der Waals surface area contributed by atoms with Gasteiger partial charge >= 0.3 is 0 Å². The number of phenols is 1. The highest BCUT2D eigenvalue weighted by Crippen LogP contribution is 2.22. The van der Waals surface area contributed by atoms with Crippen LogP contribution in [0.5, 0.6) is 5.75 Å². The lowest BCUT2D eigenvalue weighted by Crippen LogP contribution is -2.55. The molecule has 2 atom stereocenters. The highest BCUT2D eigenvalue weighted by molar-refractivity contribution is 5.83. The van der Waals surface area contributed by atoms with Gasteiger partial charge in [0.25, 0.3) is 0 Å². The lowest BCUT2D eigenvalue weighted by Gasteiger charge is -2.34. The predicted molar refractivity (Wildman–Crippen MR) is 99.6 cm³/mol. The predicted octanol–water partition coefficient (Wildman–Crippen LogP) is 1.56. The molecule has 0 spiro atoms. The molecule has 1 aromatic rings. The van der Waals surface area contributed by atoms with Gasteiger partial charge < -0.3 is 20.6 Å². The van der Waals surface area contributed by atoms with Crippen molar-refractivity contribution in [2.24, 2.45) is 5.92 Å². The lowest BCUT2D eigenvalue weighted by atomic mass is 9.94. The van der Waals surface area contributed by atoms with Crippen LogP contribution in [0.2, 0.25) is 0 Å². The van der Waals surface area contributed by atoms with Crippen LogP contribution >= 0.6 is 0 Å². The highest BCUT2D eigenvalue weighted by atomic mass is 16.3. The summed E-state index contributed by atoms with van der Waals surface area (Å²) in [5.41, 5.74) is 2.13. The maximum Gasteiger partial charge on any atom is 0.237 e. The van der Waals surface area contributed by atoms with Crippen LogP contribution in [0.15, 0.2) is 18.2 Å². The zero-order valence-electron chi connectivity index (χ0n) is 15.6. The van der Waals surface area contributed by atoms with E-state index in [-0.39, 0.29) is 35.6 Å². The second-order valence-electron chi connectivity index (χ2n) is 7.75. The number of hydrogen-bond acceptors (Lipinski definition) is 4. The molecule has 2 aliphatic rings. The molecule has 3 rings (SSSR count). The Bertz CT molecular complexity index is 674. The standard InChI is InChI=1S/C20H29N3O3/c1-13(2)18(12-23-8-4-3-5-19(23)25)22-20(26)17-10-14-6-7-16(24)9-15(14)11-21-17/h6-7,9,13,17-18,21,24H,3-5,8,10-12H2,1-2H3,(H,22,26)/t17-,18-/m1/s1. The molecule has 2 aliphatic heterocycles. The second kappa shape index (κ2) is 8.08. The Morgan fingerprint density at radius 3 is 2.88 bits per heavy atom. The van der Waals surface area contributed by atoms with Gasteiger partial charge in [0, 0.05) is 32.1 Å². The van der Waals surface area contributed by atoms with Crippen molar-refractivity contribution in [3.8, 4) is 5.75 Å². The summed E-state index contributed by atoms with van der Waals surface area (Å²) in [6, 6.07) is 4.96. The number of carbonyl (C=O) groups excluding carboxylic acids is 2. The normalized spacial score (nSPS) is 21.4. The minimum Gasteiger partial charge on any atom is -0.508 e. The number of amides is 2. The number of benzene rings is 1. The summed E-state index contributed by atoms with van der Waals surface area (Å²) < 4.78 is 0. The molecule has 2 amide bonds. The summed E-state index contributed by atoms with van der Waals surface area (Å²) in [5.74, 6) is 0.675. The Labute approximate surface area is 155 Å². The van der Waals surface area contributed by atoms with Crippen molar-refractivity contribution in [3.05, 3.63) is 29.3 Å². The summed E-state index contributed by atoms with van der Waals surface area (Å²) in [7, 11) is 0. The third kappa shape index (κ3) is 4.36. The topological polar surface area (TPSA) is 81.7 Å². The smallest absolute Gasteiger partial charge is 0.237 e. The van der Waals surface area contributed by atoms with Gasteiger partial charge in [-0.15, -0.1) is 0 Å². The average molecular weight is 359 g/mol. The molecule has 26 heavy (non-hydrogen) atoms. The molecule has 6 nitrogen and oxygen atoms in total. The molecule has 0 saturated carbocycles. The third-order valence-electron chi connectivity index (χ3n) is 5.44. The van der Waals surface area contributed by atoms with E-state index in [1.54, 1.807) is 12.1 Å². The first-order chi connectivity index (χ1) is 12.4. The second-order valence-corrected chi connectivity index (χ2v) is 7.75. The molecule has 142 valence electrons. The van der Waals surface area contributed by atoms with E-state index in [1.807, 2.05) is 11.0 Å².